The third kappa shape index (κ3) is 3.71. The first-order valence-electron chi connectivity index (χ1n) is 4.61. The molecule has 0 fully saturated rings. The number of carbonyl (C=O) groups excluding carboxylic acids is 2. The predicted molar refractivity (Wildman–Crippen MR) is 57.8 cm³/mol. The lowest BCUT2D eigenvalue weighted by Gasteiger charge is -2.02. The van der Waals surface area contributed by atoms with E-state index in [2.05, 4.69) is 0 Å². The lowest BCUT2D eigenvalue weighted by atomic mass is 10.3. The predicted octanol–water partition coefficient (Wildman–Crippen LogP) is 1.48. The minimum Gasteiger partial charge on any atom is -0.461 e. The van der Waals surface area contributed by atoms with Crippen LogP contribution in [-0.4, -0.2) is 18.5 Å². The van der Waals surface area contributed by atoms with Crippen LogP contribution in [0.25, 0.3) is 0 Å². The summed E-state index contributed by atoms with van der Waals surface area (Å²) < 4.78 is 4.98. The number of aryl methyl sites for hydroxylation is 1. The van der Waals surface area contributed by atoms with Gasteiger partial charge in [0.15, 0.2) is 0 Å². The number of nitrogens with two attached hydrogens (primary N) is 1. The molecule has 1 aromatic heterocycles. The molecule has 0 atom stereocenters. The summed E-state index contributed by atoms with van der Waals surface area (Å²) in [5.74, 6) is -0.703. The van der Waals surface area contributed by atoms with E-state index in [1.807, 2.05) is 18.4 Å². The van der Waals surface area contributed by atoms with Crippen molar-refractivity contribution < 1.29 is 14.3 Å². The van der Waals surface area contributed by atoms with Crippen molar-refractivity contribution in [3.8, 4) is 0 Å². The number of primary amides is 1. The van der Waals surface area contributed by atoms with Crippen LogP contribution < -0.4 is 5.73 Å². The van der Waals surface area contributed by atoms with E-state index in [0.717, 1.165) is 5.56 Å². The highest BCUT2D eigenvalue weighted by molar-refractivity contribution is 7.12. The number of esters is 1. The van der Waals surface area contributed by atoms with Crippen molar-refractivity contribution >= 4 is 23.2 Å². The molecule has 0 aliphatic carbocycles. The molecule has 1 rings (SSSR count). The van der Waals surface area contributed by atoms with E-state index in [1.165, 1.54) is 11.3 Å². The van der Waals surface area contributed by atoms with Crippen molar-refractivity contribution in [2.45, 2.75) is 19.8 Å². The van der Waals surface area contributed by atoms with Gasteiger partial charge in [0.25, 0.3) is 0 Å². The van der Waals surface area contributed by atoms with Crippen LogP contribution in [0.5, 0.6) is 0 Å². The first-order valence-corrected chi connectivity index (χ1v) is 5.48. The Morgan fingerprint density at radius 1 is 1.53 bits per heavy atom. The Morgan fingerprint density at radius 3 is 2.80 bits per heavy atom. The van der Waals surface area contributed by atoms with Crippen molar-refractivity contribution in [3.63, 3.8) is 0 Å². The average Bonchev–Trinajstić information content (AvgIpc) is 2.58. The molecule has 4 nitrogen and oxygen atoms in total. The van der Waals surface area contributed by atoms with Crippen LogP contribution >= 0.6 is 11.3 Å². The minimum atomic E-state index is -0.377. The molecule has 0 spiro atoms. The highest BCUT2D eigenvalue weighted by atomic mass is 32.1. The maximum absolute atomic E-state index is 11.4. The van der Waals surface area contributed by atoms with Gasteiger partial charge in [-0.3, -0.25) is 4.79 Å². The second-order valence-electron chi connectivity index (χ2n) is 3.14. The monoisotopic (exact) mass is 227 g/mol. The van der Waals surface area contributed by atoms with Crippen LogP contribution in [0.3, 0.4) is 0 Å². The summed E-state index contributed by atoms with van der Waals surface area (Å²) in [6, 6.07) is 1.87. The Bertz CT molecular complexity index is 359. The second kappa shape index (κ2) is 5.50. The fraction of sp³-hybridized carbons (Fsp3) is 0.400. The molecule has 1 heterocycles. The smallest absolute Gasteiger partial charge is 0.348 e. The lowest BCUT2D eigenvalue weighted by molar-refractivity contribution is -0.118. The number of amides is 1. The Kier molecular flexibility index (Phi) is 4.30. The fourth-order valence-electron chi connectivity index (χ4n) is 1.06. The number of hydrogen-bond donors (Lipinski definition) is 1. The number of ether oxygens (including phenoxy) is 1. The van der Waals surface area contributed by atoms with Crippen LogP contribution in [0, 0.1) is 6.92 Å². The zero-order valence-corrected chi connectivity index (χ0v) is 9.30. The van der Waals surface area contributed by atoms with Crippen molar-refractivity contribution in [1.82, 2.24) is 0 Å². The highest BCUT2D eigenvalue weighted by Gasteiger charge is 2.11. The molecular weight excluding hydrogens is 214 g/mol. The standard InChI is InChI=1S/C10H13NO3S/c1-7-4-6-15-9(7)10(13)14-5-2-3-8(11)12/h4,6H,2-3,5H2,1H3,(H2,11,12). The van der Waals surface area contributed by atoms with Crippen LogP contribution in [0.4, 0.5) is 0 Å². The summed E-state index contributed by atoms with van der Waals surface area (Å²) in [4.78, 5) is 22.5. The quantitative estimate of drug-likeness (QED) is 0.612. The fourth-order valence-corrected chi connectivity index (χ4v) is 1.88. The molecule has 5 heteroatoms. The van der Waals surface area contributed by atoms with E-state index in [-0.39, 0.29) is 24.9 Å². The Morgan fingerprint density at radius 2 is 2.27 bits per heavy atom. The highest BCUT2D eigenvalue weighted by Crippen LogP contribution is 2.16. The van der Waals surface area contributed by atoms with Crippen molar-refractivity contribution in [2.75, 3.05) is 6.61 Å². The van der Waals surface area contributed by atoms with Crippen LogP contribution in [0.1, 0.15) is 28.1 Å². The average molecular weight is 227 g/mol. The number of carbonyl (C=O) groups is 2. The summed E-state index contributed by atoms with van der Waals surface area (Å²) >= 11 is 1.36. The molecule has 0 saturated carbocycles. The maximum atomic E-state index is 11.4. The van der Waals surface area contributed by atoms with Gasteiger partial charge in [0.05, 0.1) is 6.61 Å². The molecule has 15 heavy (non-hydrogen) atoms. The molecule has 1 amide bonds. The Hall–Kier alpha value is -1.36. The van der Waals surface area contributed by atoms with E-state index >= 15 is 0 Å². The topological polar surface area (TPSA) is 69.4 Å². The molecule has 0 aliphatic heterocycles. The molecule has 1 aromatic rings. The van der Waals surface area contributed by atoms with Crippen molar-refractivity contribution in [2.24, 2.45) is 5.73 Å². The van der Waals surface area contributed by atoms with E-state index < -0.39 is 0 Å². The van der Waals surface area contributed by atoms with Gasteiger partial charge in [-0.2, -0.15) is 0 Å². The van der Waals surface area contributed by atoms with Crippen LogP contribution in [0.2, 0.25) is 0 Å². The van der Waals surface area contributed by atoms with Gasteiger partial charge in [0, 0.05) is 6.42 Å². The van der Waals surface area contributed by atoms with E-state index in [4.69, 9.17) is 10.5 Å². The Labute approximate surface area is 92.0 Å². The largest absolute Gasteiger partial charge is 0.461 e. The first kappa shape index (κ1) is 11.7. The first-order chi connectivity index (χ1) is 7.11. The Balaban J connectivity index is 2.31. The van der Waals surface area contributed by atoms with Gasteiger partial charge >= 0.3 is 5.97 Å². The van der Waals surface area contributed by atoms with Gasteiger partial charge in [0.2, 0.25) is 5.91 Å². The molecule has 2 N–H and O–H groups in total. The van der Waals surface area contributed by atoms with E-state index in [0.29, 0.717) is 11.3 Å². The summed E-state index contributed by atoms with van der Waals surface area (Å²) in [7, 11) is 0. The number of thiophene rings is 1. The molecule has 0 saturated heterocycles. The van der Waals surface area contributed by atoms with E-state index in [1.54, 1.807) is 0 Å². The molecular formula is C10H13NO3S. The minimum absolute atomic E-state index is 0.235. The molecule has 0 aliphatic rings. The molecule has 82 valence electrons. The van der Waals surface area contributed by atoms with Crippen LogP contribution in [0.15, 0.2) is 11.4 Å². The van der Waals surface area contributed by atoms with Gasteiger partial charge < -0.3 is 10.5 Å². The van der Waals surface area contributed by atoms with Crippen molar-refractivity contribution in [3.05, 3.63) is 21.9 Å². The van der Waals surface area contributed by atoms with Gasteiger partial charge in [-0.25, -0.2) is 4.79 Å². The van der Waals surface area contributed by atoms with Gasteiger partial charge in [-0.1, -0.05) is 0 Å². The van der Waals surface area contributed by atoms with Crippen LogP contribution in [-0.2, 0) is 9.53 Å². The SMILES string of the molecule is Cc1ccsc1C(=O)OCCCC(N)=O. The molecule has 0 radical (unpaired) electrons. The second-order valence-corrected chi connectivity index (χ2v) is 4.05. The number of hydrogen-bond acceptors (Lipinski definition) is 4. The van der Waals surface area contributed by atoms with Gasteiger partial charge in [0.1, 0.15) is 4.88 Å². The van der Waals surface area contributed by atoms with Gasteiger partial charge in [-0.15, -0.1) is 11.3 Å². The normalized spacial score (nSPS) is 9.93. The lowest BCUT2D eigenvalue weighted by Crippen LogP contribution is -2.12. The zero-order chi connectivity index (χ0) is 11.3. The zero-order valence-electron chi connectivity index (χ0n) is 8.49. The third-order valence-electron chi connectivity index (χ3n) is 1.85. The maximum Gasteiger partial charge on any atom is 0.348 e. The summed E-state index contributed by atoms with van der Waals surface area (Å²) in [6.45, 7) is 2.09. The molecule has 0 unspecified atom stereocenters. The number of rotatable bonds is 5. The molecule has 0 aromatic carbocycles. The summed E-state index contributed by atoms with van der Waals surface area (Å²) in [5, 5.41) is 1.84. The van der Waals surface area contributed by atoms with E-state index in [9.17, 15) is 9.59 Å². The molecule has 0 bridgehead atoms. The van der Waals surface area contributed by atoms with Gasteiger partial charge in [-0.05, 0) is 30.4 Å². The van der Waals surface area contributed by atoms with Crippen molar-refractivity contribution in [1.29, 1.82) is 0 Å². The third-order valence-corrected chi connectivity index (χ3v) is 2.84. The summed E-state index contributed by atoms with van der Waals surface area (Å²) in [5.41, 5.74) is 5.87. The summed E-state index contributed by atoms with van der Waals surface area (Å²) in [6.07, 6.45) is 0.724.